The number of carbonyl (C=O) groups excluding carboxylic acids is 2. The van der Waals surface area contributed by atoms with Crippen LogP contribution in [0.25, 0.3) is 0 Å². The van der Waals surface area contributed by atoms with Crippen LogP contribution in [0, 0.1) is 12.3 Å². The Morgan fingerprint density at radius 2 is 1.92 bits per heavy atom. The molecule has 26 heavy (non-hydrogen) atoms. The molecule has 1 aromatic rings. The zero-order chi connectivity index (χ0) is 20.0. The molecule has 0 aliphatic rings. The van der Waals surface area contributed by atoms with E-state index in [-0.39, 0.29) is 11.8 Å². The molecular weight excluding hydrogens is 358 g/mol. The second-order valence-electron chi connectivity index (χ2n) is 5.52. The van der Waals surface area contributed by atoms with Crippen molar-refractivity contribution < 1.29 is 9.59 Å². The Kier molecular flexibility index (Phi) is 7.27. The van der Waals surface area contributed by atoms with E-state index in [4.69, 9.17) is 34.2 Å². The number of benzene rings is 1. The number of likely N-dealkylation sites (N-methyl/N-ethyl adjacent to an activating group) is 1. The van der Waals surface area contributed by atoms with Crippen LogP contribution in [0.3, 0.4) is 0 Å². The zero-order valence-corrected chi connectivity index (χ0v) is 15.5. The van der Waals surface area contributed by atoms with Gasteiger partial charge in [0.05, 0.1) is 5.69 Å². The molecule has 1 atom stereocenters. The molecule has 0 bridgehead atoms. The van der Waals surface area contributed by atoms with Crippen LogP contribution >= 0.6 is 11.6 Å². The van der Waals surface area contributed by atoms with Crippen molar-refractivity contribution in [3.05, 3.63) is 28.8 Å². The van der Waals surface area contributed by atoms with Crippen LogP contribution in [0.2, 0.25) is 5.02 Å². The summed E-state index contributed by atoms with van der Waals surface area (Å²) in [6.45, 7) is 3.58. The molecular formula is C16H22ClN7O2. The number of hydrogen-bond acceptors (Lipinski definition) is 4. The van der Waals surface area contributed by atoms with Gasteiger partial charge < -0.3 is 22.1 Å². The van der Waals surface area contributed by atoms with Crippen molar-refractivity contribution in [1.82, 2.24) is 4.90 Å². The maximum Gasteiger partial charge on any atom is 0.270 e. The molecule has 0 spiro atoms. The van der Waals surface area contributed by atoms with E-state index in [2.05, 4.69) is 9.98 Å². The molecule has 0 fully saturated rings. The highest BCUT2D eigenvalue weighted by molar-refractivity contribution is 6.66. The van der Waals surface area contributed by atoms with Gasteiger partial charge in [-0.05, 0) is 31.0 Å². The molecule has 0 aliphatic heterocycles. The van der Waals surface area contributed by atoms with Gasteiger partial charge in [-0.3, -0.25) is 15.0 Å². The summed E-state index contributed by atoms with van der Waals surface area (Å²) in [4.78, 5) is 32.3. The van der Waals surface area contributed by atoms with E-state index in [0.717, 1.165) is 5.56 Å². The van der Waals surface area contributed by atoms with Gasteiger partial charge in [-0.15, -0.1) is 0 Å². The van der Waals surface area contributed by atoms with E-state index in [0.29, 0.717) is 17.1 Å². The number of rotatable bonds is 6. The van der Waals surface area contributed by atoms with Crippen LogP contribution < -0.4 is 17.2 Å². The summed E-state index contributed by atoms with van der Waals surface area (Å²) in [5.74, 6) is -2.05. The minimum Gasteiger partial charge on any atom is -0.369 e. The molecule has 7 N–H and O–H groups in total. The Hall–Kier alpha value is -2.94. The van der Waals surface area contributed by atoms with E-state index in [1.807, 2.05) is 6.92 Å². The number of nitrogens with zero attached hydrogens (tertiary/aromatic N) is 3. The number of amides is 2. The number of aliphatic imine (C=N–C) groups is 2. The highest BCUT2D eigenvalue weighted by Crippen LogP contribution is 2.22. The topological polar surface area (TPSA) is 164 Å². The zero-order valence-electron chi connectivity index (χ0n) is 14.8. The number of primary amides is 2. The number of carbonyl (C=O) groups is 2. The number of nitrogens with one attached hydrogen (secondary N) is 1. The summed E-state index contributed by atoms with van der Waals surface area (Å²) in [6.07, 6.45) is 0.398. The average molecular weight is 380 g/mol. The summed E-state index contributed by atoms with van der Waals surface area (Å²) >= 11 is 6.06. The smallest absolute Gasteiger partial charge is 0.270 e. The average Bonchev–Trinajstić information content (AvgIpc) is 2.56. The van der Waals surface area contributed by atoms with Crippen molar-refractivity contribution in [2.45, 2.75) is 26.3 Å². The lowest BCUT2D eigenvalue weighted by atomic mass is 10.2. The maximum absolute atomic E-state index is 11.5. The molecule has 2 amide bonds. The molecule has 1 aromatic carbocycles. The summed E-state index contributed by atoms with van der Waals surface area (Å²) in [5, 5.41) is 8.27. The lowest BCUT2D eigenvalue weighted by Gasteiger charge is -2.25. The van der Waals surface area contributed by atoms with Gasteiger partial charge in [0.15, 0.2) is 17.5 Å². The maximum atomic E-state index is 11.5. The van der Waals surface area contributed by atoms with Crippen LogP contribution in [-0.2, 0) is 9.59 Å². The monoisotopic (exact) mass is 379 g/mol. The quantitative estimate of drug-likeness (QED) is 0.422. The molecule has 9 nitrogen and oxygen atoms in total. The van der Waals surface area contributed by atoms with Crippen LogP contribution in [0.4, 0.5) is 5.69 Å². The third-order valence-corrected chi connectivity index (χ3v) is 4.03. The summed E-state index contributed by atoms with van der Waals surface area (Å²) in [5.41, 5.74) is 16.9. The first-order valence-corrected chi connectivity index (χ1v) is 8.06. The van der Waals surface area contributed by atoms with Gasteiger partial charge in [0.2, 0.25) is 5.91 Å². The number of aryl methyl sites for hydroxylation is 1. The first-order chi connectivity index (χ1) is 12.1. The number of hydrogen-bond donors (Lipinski definition) is 4. The van der Waals surface area contributed by atoms with Crippen molar-refractivity contribution >= 4 is 46.6 Å². The highest BCUT2D eigenvalue weighted by atomic mass is 35.5. The molecule has 0 saturated heterocycles. The van der Waals surface area contributed by atoms with Crippen LogP contribution in [0.15, 0.2) is 28.2 Å². The highest BCUT2D eigenvalue weighted by Gasteiger charge is 2.22. The van der Waals surface area contributed by atoms with Gasteiger partial charge in [-0.25, -0.2) is 4.99 Å². The SMILES string of the molecule is CC[C@H](C(N)=O)N(C)C(N)=NC(=Nc1ccc(C)c(Cl)c1)C(=N)C(N)=O. The van der Waals surface area contributed by atoms with Crippen molar-refractivity contribution in [1.29, 1.82) is 5.41 Å². The largest absolute Gasteiger partial charge is 0.369 e. The van der Waals surface area contributed by atoms with Crippen LogP contribution in [-0.4, -0.2) is 47.3 Å². The molecule has 0 unspecified atom stereocenters. The van der Waals surface area contributed by atoms with E-state index < -0.39 is 23.6 Å². The van der Waals surface area contributed by atoms with Crippen LogP contribution in [0.5, 0.6) is 0 Å². The Labute approximate surface area is 156 Å². The predicted octanol–water partition coefficient (Wildman–Crippen LogP) is 0.694. The van der Waals surface area contributed by atoms with Crippen LogP contribution in [0.1, 0.15) is 18.9 Å². The molecule has 1 rings (SSSR count). The molecule has 140 valence electrons. The molecule has 10 heteroatoms. The first-order valence-electron chi connectivity index (χ1n) is 7.68. The minimum absolute atomic E-state index is 0.140. The Bertz CT molecular complexity index is 789. The summed E-state index contributed by atoms with van der Waals surface area (Å²) in [6, 6.07) is 4.23. The number of nitrogens with two attached hydrogens (primary N) is 3. The minimum atomic E-state index is -1.02. The van der Waals surface area contributed by atoms with Gasteiger partial charge in [0.1, 0.15) is 6.04 Å². The lowest BCUT2D eigenvalue weighted by Crippen LogP contribution is -2.48. The fourth-order valence-electron chi connectivity index (χ4n) is 2.03. The molecule has 0 radical (unpaired) electrons. The predicted molar refractivity (Wildman–Crippen MR) is 103 cm³/mol. The third-order valence-electron chi connectivity index (χ3n) is 3.62. The molecule has 0 aliphatic carbocycles. The summed E-state index contributed by atoms with van der Waals surface area (Å²) < 4.78 is 0. The van der Waals surface area contributed by atoms with Gasteiger partial charge in [0, 0.05) is 12.1 Å². The van der Waals surface area contributed by atoms with Gasteiger partial charge in [0.25, 0.3) is 5.91 Å². The molecule has 0 heterocycles. The number of guanidine groups is 1. The van der Waals surface area contributed by atoms with E-state index in [1.54, 1.807) is 25.1 Å². The van der Waals surface area contributed by atoms with Crippen molar-refractivity contribution in [3.63, 3.8) is 0 Å². The van der Waals surface area contributed by atoms with E-state index in [9.17, 15) is 9.59 Å². The van der Waals surface area contributed by atoms with Crippen molar-refractivity contribution in [2.24, 2.45) is 27.2 Å². The fourth-order valence-corrected chi connectivity index (χ4v) is 2.21. The van der Waals surface area contributed by atoms with Crippen molar-refractivity contribution in [2.75, 3.05) is 7.05 Å². The van der Waals surface area contributed by atoms with Gasteiger partial charge >= 0.3 is 0 Å². The third kappa shape index (κ3) is 5.28. The standard InChI is InChI=1S/C16H22ClN7O2/c1-4-11(13(19)25)24(3)16(21)23-15(12(18)14(20)26)22-9-6-5-8(2)10(17)7-9/h5-7,11,18H,4H2,1-3H3,(H2,19,25)(H2,20,26)(H2,21,22,23)/t11-/m1/s1. The Morgan fingerprint density at radius 3 is 2.38 bits per heavy atom. The van der Waals surface area contributed by atoms with E-state index >= 15 is 0 Å². The first kappa shape index (κ1) is 21.1. The van der Waals surface area contributed by atoms with Gasteiger partial charge in [-0.1, -0.05) is 24.6 Å². The normalized spacial score (nSPS) is 13.2. The van der Waals surface area contributed by atoms with E-state index in [1.165, 1.54) is 11.9 Å². The number of amidine groups is 1. The number of halogens is 1. The Morgan fingerprint density at radius 1 is 1.31 bits per heavy atom. The lowest BCUT2D eigenvalue weighted by molar-refractivity contribution is -0.121. The van der Waals surface area contributed by atoms with Gasteiger partial charge in [-0.2, -0.15) is 4.99 Å². The second kappa shape index (κ2) is 8.95. The second-order valence-corrected chi connectivity index (χ2v) is 5.92. The molecule has 0 aromatic heterocycles. The van der Waals surface area contributed by atoms with Crippen molar-refractivity contribution in [3.8, 4) is 0 Å². The summed E-state index contributed by atoms with van der Waals surface area (Å²) in [7, 11) is 1.52. The fraction of sp³-hybridized carbons (Fsp3) is 0.312. The molecule has 0 saturated carbocycles. The Balaban J connectivity index is 3.35.